The second kappa shape index (κ2) is 10.0. The molecular weight excluding hydrogens is 359 g/mol. The molecule has 0 aromatic heterocycles. The number of likely N-dealkylation sites (N-methyl/N-ethyl adjacent to an activating group) is 1. The summed E-state index contributed by atoms with van der Waals surface area (Å²) in [6, 6.07) is 20.4. The van der Waals surface area contributed by atoms with Crippen LogP contribution in [0.2, 0.25) is 0 Å². The molecule has 2 nitrogen and oxygen atoms in total. The number of nitrogens with zero attached hydrogens (tertiary/aromatic N) is 2. The molecule has 2 unspecified atom stereocenters. The van der Waals surface area contributed by atoms with E-state index in [2.05, 4.69) is 49.1 Å². The molecule has 1 fully saturated rings. The van der Waals surface area contributed by atoms with Crippen molar-refractivity contribution in [2.75, 3.05) is 13.1 Å². The Morgan fingerprint density at radius 3 is 2.41 bits per heavy atom. The average Bonchev–Trinajstić information content (AvgIpc) is 2.71. The van der Waals surface area contributed by atoms with E-state index in [-0.39, 0.29) is 11.7 Å². The lowest BCUT2D eigenvalue weighted by molar-refractivity contribution is 0.160. The Kier molecular flexibility index (Phi) is 7.45. The van der Waals surface area contributed by atoms with Crippen LogP contribution in [0, 0.1) is 23.1 Å². The van der Waals surface area contributed by atoms with Crippen LogP contribution in [0.25, 0.3) is 0 Å². The van der Waals surface area contributed by atoms with Crippen LogP contribution in [0.15, 0.2) is 54.6 Å². The van der Waals surface area contributed by atoms with E-state index >= 15 is 0 Å². The summed E-state index contributed by atoms with van der Waals surface area (Å²) < 4.78 is 14.7. The van der Waals surface area contributed by atoms with Crippen molar-refractivity contribution in [3.05, 3.63) is 71.5 Å². The fourth-order valence-corrected chi connectivity index (χ4v) is 4.72. The Labute approximate surface area is 175 Å². The lowest BCUT2D eigenvalue weighted by atomic mass is 9.60. The Balaban J connectivity index is 1.69. The van der Waals surface area contributed by atoms with Crippen molar-refractivity contribution < 1.29 is 4.39 Å². The van der Waals surface area contributed by atoms with E-state index in [4.69, 9.17) is 0 Å². The predicted octanol–water partition coefficient (Wildman–Crippen LogP) is 6.12. The summed E-state index contributed by atoms with van der Waals surface area (Å²) >= 11 is 0. The van der Waals surface area contributed by atoms with Gasteiger partial charge in [-0.1, -0.05) is 61.9 Å². The molecule has 0 spiro atoms. The van der Waals surface area contributed by atoms with Gasteiger partial charge in [0.25, 0.3) is 0 Å². The van der Waals surface area contributed by atoms with Gasteiger partial charge in [0.15, 0.2) is 0 Å². The molecule has 1 aliphatic carbocycles. The number of benzene rings is 2. The topological polar surface area (TPSA) is 27.0 Å². The fraction of sp³-hybridized carbons (Fsp3) is 0.500. The number of rotatable bonds is 10. The molecule has 0 amide bonds. The van der Waals surface area contributed by atoms with Crippen LogP contribution in [0.4, 0.5) is 4.39 Å². The van der Waals surface area contributed by atoms with E-state index in [0.29, 0.717) is 11.6 Å². The summed E-state index contributed by atoms with van der Waals surface area (Å²) in [5.74, 6) is 0.0426. The third-order valence-corrected chi connectivity index (χ3v) is 6.87. The van der Waals surface area contributed by atoms with E-state index in [9.17, 15) is 9.65 Å². The highest BCUT2D eigenvalue weighted by atomic mass is 19.1. The van der Waals surface area contributed by atoms with Crippen molar-refractivity contribution in [2.24, 2.45) is 5.92 Å². The molecule has 0 heterocycles. The van der Waals surface area contributed by atoms with Gasteiger partial charge in [-0.15, -0.1) is 0 Å². The summed E-state index contributed by atoms with van der Waals surface area (Å²) in [6.45, 7) is 6.43. The van der Waals surface area contributed by atoms with Crippen molar-refractivity contribution in [3.63, 3.8) is 0 Å². The summed E-state index contributed by atoms with van der Waals surface area (Å²) in [7, 11) is 0. The molecule has 0 N–H and O–H groups in total. The second-order valence-corrected chi connectivity index (χ2v) is 8.44. The lowest BCUT2D eigenvalue weighted by Gasteiger charge is -2.42. The van der Waals surface area contributed by atoms with E-state index < -0.39 is 5.41 Å². The van der Waals surface area contributed by atoms with Gasteiger partial charge in [-0.3, -0.25) is 0 Å². The van der Waals surface area contributed by atoms with Crippen molar-refractivity contribution >= 4 is 0 Å². The highest BCUT2D eigenvalue weighted by Gasteiger charge is 2.45. The first-order chi connectivity index (χ1) is 14.1. The van der Waals surface area contributed by atoms with Gasteiger partial charge in [-0.25, -0.2) is 4.39 Å². The van der Waals surface area contributed by atoms with Crippen LogP contribution in [0.1, 0.15) is 57.1 Å². The first-order valence-electron chi connectivity index (χ1n) is 11.0. The molecule has 0 aliphatic heterocycles. The number of nitriles is 1. The minimum atomic E-state index is -0.698. The van der Waals surface area contributed by atoms with Crippen molar-refractivity contribution in [1.29, 1.82) is 5.26 Å². The zero-order valence-corrected chi connectivity index (χ0v) is 17.8. The number of hydrogen-bond donors (Lipinski definition) is 0. The van der Waals surface area contributed by atoms with Crippen LogP contribution >= 0.6 is 0 Å². The highest BCUT2D eigenvalue weighted by Crippen LogP contribution is 2.47. The number of hydrogen-bond acceptors (Lipinski definition) is 2. The first-order valence-corrected chi connectivity index (χ1v) is 11.0. The maximum absolute atomic E-state index is 14.7. The Hall–Kier alpha value is -2.18. The van der Waals surface area contributed by atoms with Crippen molar-refractivity contribution in [3.8, 4) is 6.07 Å². The third kappa shape index (κ3) is 4.87. The molecule has 3 heteroatoms. The zero-order chi connectivity index (χ0) is 20.7. The minimum absolute atomic E-state index is 0.231. The van der Waals surface area contributed by atoms with Gasteiger partial charge in [-0.05, 0) is 63.1 Å². The van der Waals surface area contributed by atoms with E-state index in [1.807, 2.05) is 18.2 Å². The molecule has 29 heavy (non-hydrogen) atoms. The van der Waals surface area contributed by atoms with Crippen LogP contribution < -0.4 is 0 Å². The van der Waals surface area contributed by atoms with Gasteiger partial charge >= 0.3 is 0 Å². The van der Waals surface area contributed by atoms with Crippen LogP contribution in [0.5, 0.6) is 0 Å². The predicted molar refractivity (Wildman–Crippen MR) is 117 cm³/mol. The summed E-state index contributed by atoms with van der Waals surface area (Å²) in [4.78, 5) is 2.48. The minimum Gasteiger partial charge on any atom is -0.301 e. The summed E-state index contributed by atoms with van der Waals surface area (Å²) in [5.41, 5.74) is 1.26. The third-order valence-electron chi connectivity index (χ3n) is 6.87. The maximum Gasteiger partial charge on any atom is 0.128 e. The van der Waals surface area contributed by atoms with E-state index in [0.717, 1.165) is 51.6 Å². The average molecular weight is 393 g/mol. The van der Waals surface area contributed by atoms with Gasteiger partial charge in [0.2, 0.25) is 0 Å². The molecule has 3 rings (SSSR count). The zero-order valence-electron chi connectivity index (χ0n) is 17.8. The molecule has 0 saturated heterocycles. The summed E-state index contributed by atoms with van der Waals surface area (Å²) in [6.07, 6.45) is 5.86. The van der Waals surface area contributed by atoms with Crippen molar-refractivity contribution in [2.45, 2.75) is 63.8 Å². The standard InChI is InChI=1S/C26H33FN2/c1-3-29(19-17-22-10-5-4-6-11-22)21(2)16-18-26(20-28,23-12-9-13-23)24-14-7-8-15-25(24)27/h4-8,10-11,14-15,21,23H,3,9,12-13,16-19H2,1-2H3. The van der Waals surface area contributed by atoms with Crippen LogP contribution in [-0.2, 0) is 11.8 Å². The van der Waals surface area contributed by atoms with Gasteiger partial charge in [-0.2, -0.15) is 5.26 Å². The molecule has 1 saturated carbocycles. The second-order valence-electron chi connectivity index (χ2n) is 8.44. The van der Waals surface area contributed by atoms with Gasteiger partial charge in [0, 0.05) is 18.2 Å². The first kappa shape index (κ1) is 21.5. The molecular formula is C26H33FN2. The summed E-state index contributed by atoms with van der Waals surface area (Å²) in [5, 5.41) is 10.2. The lowest BCUT2D eigenvalue weighted by Crippen LogP contribution is -2.41. The molecule has 154 valence electrons. The largest absolute Gasteiger partial charge is 0.301 e. The SMILES string of the molecule is CCN(CCc1ccccc1)C(C)CCC(C#N)(c1ccccc1F)C1CCC1. The Morgan fingerprint density at radius 2 is 1.83 bits per heavy atom. The highest BCUT2D eigenvalue weighted by molar-refractivity contribution is 5.35. The van der Waals surface area contributed by atoms with Gasteiger partial charge in [0.1, 0.15) is 5.82 Å². The molecule has 0 bridgehead atoms. The Bertz CT molecular complexity index is 809. The smallest absolute Gasteiger partial charge is 0.128 e. The number of halogens is 1. The van der Waals surface area contributed by atoms with E-state index in [1.54, 1.807) is 6.07 Å². The molecule has 1 aliphatic rings. The molecule has 2 aromatic carbocycles. The Morgan fingerprint density at radius 1 is 1.14 bits per heavy atom. The normalized spacial score (nSPS) is 17.3. The van der Waals surface area contributed by atoms with Gasteiger partial charge < -0.3 is 4.90 Å². The quantitative estimate of drug-likeness (QED) is 0.487. The molecule has 0 radical (unpaired) electrons. The molecule has 2 aromatic rings. The molecule has 2 atom stereocenters. The van der Waals surface area contributed by atoms with Gasteiger partial charge in [0.05, 0.1) is 11.5 Å². The van der Waals surface area contributed by atoms with E-state index in [1.165, 1.54) is 11.6 Å². The van der Waals surface area contributed by atoms with Crippen LogP contribution in [-0.4, -0.2) is 24.0 Å². The maximum atomic E-state index is 14.7. The monoisotopic (exact) mass is 392 g/mol. The van der Waals surface area contributed by atoms with Crippen molar-refractivity contribution in [1.82, 2.24) is 4.90 Å². The van der Waals surface area contributed by atoms with Crippen LogP contribution in [0.3, 0.4) is 0 Å². The fourth-order valence-electron chi connectivity index (χ4n) is 4.72.